The number of aliphatic imine (C=N–C) groups is 1. The molecular formula is C15H27IN4O3S. The number of nitrogens with one attached hydrogen (secondary N) is 3. The van der Waals surface area contributed by atoms with Crippen molar-refractivity contribution in [3.05, 3.63) is 29.8 Å². The molecule has 138 valence electrons. The first-order valence-electron chi connectivity index (χ1n) is 7.26. The van der Waals surface area contributed by atoms with Gasteiger partial charge in [-0.05, 0) is 38.6 Å². The predicted molar refractivity (Wildman–Crippen MR) is 107 cm³/mol. The maximum Gasteiger partial charge on any atom is 0.240 e. The van der Waals surface area contributed by atoms with Crippen LogP contribution in [0.4, 0.5) is 0 Å². The van der Waals surface area contributed by atoms with E-state index in [1.165, 1.54) is 7.05 Å². The van der Waals surface area contributed by atoms with Crippen molar-refractivity contribution in [3.63, 3.8) is 0 Å². The van der Waals surface area contributed by atoms with Crippen LogP contribution in [0.25, 0.3) is 0 Å². The molecule has 7 nitrogen and oxygen atoms in total. The molecule has 1 rings (SSSR count). The molecule has 0 amide bonds. The standard InChI is InChI=1S/C15H26N4O3S.HI/c1-15(2,22-5)11-19-14(16-3)18-10-12-7-6-8-13(9-12)23(20,21)17-4;/h6-9,17H,10-11H2,1-5H3,(H2,16,18,19);1H. The summed E-state index contributed by atoms with van der Waals surface area (Å²) in [6.45, 7) is 5.00. The smallest absolute Gasteiger partial charge is 0.240 e. The lowest BCUT2D eigenvalue weighted by molar-refractivity contribution is 0.0268. The fraction of sp³-hybridized carbons (Fsp3) is 0.533. The van der Waals surface area contributed by atoms with Gasteiger partial charge < -0.3 is 15.4 Å². The second kappa shape index (κ2) is 10.2. The van der Waals surface area contributed by atoms with Crippen LogP contribution >= 0.6 is 24.0 Å². The van der Waals surface area contributed by atoms with Gasteiger partial charge in [0.05, 0.1) is 10.5 Å². The Morgan fingerprint density at radius 3 is 2.50 bits per heavy atom. The summed E-state index contributed by atoms with van der Waals surface area (Å²) in [4.78, 5) is 4.37. The minimum Gasteiger partial charge on any atom is -0.377 e. The fourth-order valence-electron chi connectivity index (χ4n) is 1.72. The molecule has 1 aromatic carbocycles. The number of ether oxygens (including phenoxy) is 1. The highest BCUT2D eigenvalue weighted by molar-refractivity contribution is 14.0. The summed E-state index contributed by atoms with van der Waals surface area (Å²) < 4.78 is 31.3. The Morgan fingerprint density at radius 1 is 1.29 bits per heavy atom. The summed E-state index contributed by atoms with van der Waals surface area (Å²) in [6, 6.07) is 6.76. The molecule has 0 aliphatic heterocycles. The normalized spacial score (nSPS) is 12.5. The Balaban J connectivity index is 0.00000529. The molecule has 3 N–H and O–H groups in total. The quantitative estimate of drug-likeness (QED) is 0.318. The first-order chi connectivity index (χ1) is 10.7. The van der Waals surface area contributed by atoms with Gasteiger partial charge in [0.1, 0.15) is 0 Å². The lowest BCUT2D eigenvalue weighted by Gasteiger charge is -2.24. The average Bonchev–Trinajstić information content (AvgIpc) is 2.55. The van der Waals surface area contributed by atoms with Gasteiger partial charge in [-0.25, -0.2) is 13.1 Å². The van der Waals surface area contributed by atoms with E-state index < -0.39 is 10.0 Å². The van der Waals surface area contributed by atoms with Crippen molar-refractivity contribution in [2.45, 2.75) is 30.9 Å². The van der Waals surface area contributed by atoms with Gasteiger partial charge in [0.15, 0.2) is 5.96 Å². The van der Waals surface area contributed by atoms with Crippen molar-refractivity contribution in [1.29, 1.82) is 0 Å². The van der Waals surface area contributed by atoms with Gasteiger partial charge in [0, 0.05) is 27.2 Å². The van der Waals surface area contributed by atoms with E-state index in [1.807, 2.05) is 19.9 Å². The molecule has 0 bridgehead atoms. The minimum atomic E-state index is -3.44. The Labute approximate surface area is 161 Å². The van der Waals surface area contributed by atoms with Crippen LogP contribution in [0.3, 0.4) is 0 Å². The second-order valence-corrected chi connectivity index (χ2v) is 7.48. The van der Waals surface area contributed by atoms with E-state index in [0.29, 0.717) is 19.0 Å². The number of guanidine groups is 1. The van der Waals surface area contributed by atoms with Crippen LogP contribution in [0.2, 0.25) is 0 Å². The Bertz CT molecular complexity index is 648. The van der Waals surface area contributed by atoms with Crippen molar-refractivity contribution in [2.75, 3.05) is 27.7 Å². The van der Waals surface area contributed by atoms with Gasteiger partial charge in [-0.2, -0.15) is 0 Å². The summed E-state index contributed by atoms with van der Waals surface area (Å²) in [7, 11) is 1.29. The van der Waals surface area contributed by atoms with Crippen molar-refractivity contribution >= 4 is 40.0 Å². The molecule has 0 heterocycles. The highest BCUT2D eigenvalue weighted by Gasteiger charge is 2.16. The Kier molecular flexibility index (Phi) is 9.78. The van der Waals surface area contributed by atoms with Crippen molar-refractivity contribution in [2.24, 2.45) is 4.99 Å². The molecule has 0 saturated carbocycles. The van der Waals surface area contributed by atoms with E-state index in [4.69, 9.17) is 4.74 Å². The molecular weight excluding hydrogens is 443 g/mol. The number of rotatable bonds is 7. The van der Waals surface area contributed by atoms with Crippen molar-refractivity contribution in [1.82, 2.24) is 15.4 Å². The third-order valence-corrected chi connectivity index (χ3v) is 4.81. The molecule has 0 saturated heterocycles. The molecule has 0 unspecified atom stereocenters. The molecule has 0 aliphatic carbocycles. The van der Waals surface area contributed by atoms with E-state index >= 15 is 0 Å². The van der Waals surface area contributed by atoms with Crippen LogP contribution < -0.4 is 15.4 Å². The van der Waals surface area contributed by atoms with Gasteiger partial charge in [0.2, 0.25) is 10.0 Å². The maximum atomic E-state index is 11.8. The number of hydrogen-bond donors (Lipinski definition) is 3. The van der Waals surface area contributed by atoms with Crippen LogP contribution in [0.5, 0.6) is 0 Å². The van der Waals surface area contributed by atoms with Crippen LogP contribution in [0.15, 0.2) is 34.2 Å². The molecule has 0 atom stereocenters. The Morgan fingerprint density at radius 2 is 1.96 bits per heavy atom. The number of methoxy groups -OCH3 is 1. The molecule has 0 spiro atoms. The van der Waals surface area contributed by atoms with Crippen molar-refractivity contribution in [3.8, 4) is 0 Å². The number of hydrogen-bond acceptors (Lipinski definition) is 4. The third kappa shape index (κ3) is 7.32. The lowest BCUT2D eigenvalue weighted by atomic mass is 10.1. The van der Waals surface area contributed by atoms with Crippen molar-refractivity contribution < 1.29 is 13.2 Å². The lowest BCUT2D eigenvalue weighted by Crippen LogP contribution is -2.45. The number of nitrogens with zero attached hydrogens (tertiary/aromatic N) is 1. The summed E-state index contributed by atoms with van der Waals surface area (Å²) >= 11 is 0. The van der Waals surface area contributed by atoms with E-state index in [9.17, 15) is 8.42 Å². The van der Waals surface area contributed by atoms with Crippen LogP contribution in [0, 0.1) is 0 Å². The van der Waals surface area contributed by atoms with E-state index in [-0.39, 0.29) is 34.5 Å². The zero-order valence-corrected chi connectivity index (χ0v) is 17.9. The van der Waals surface area contributed by atoms with Crippen LogP contribution in [-0.2, 0) is 21.3 Å². The minimum absolute atomic E-state index is 0. The largest absolute Gasteiger partial charge is 0.377 e. The fourth-order valence-corrected chi connectivity index (χ4v) is 2.52. The SMILES string of the molecule is CN=C(NCc1cccc(S(=O)(=O)NC)c1)NCC(C)(C)OC.I. The summed E-state index contributed by atoms with van der Waals surface area (Å²) in [6.07, 6.45) is 0. The molecule has 0 aromatic heterocycles. The molecule has 0 aliphatic rings. The highest BCUT2D eigenvalue weighted by Crippen LogP contribution is 2.11. The van der Waals surface area contributed by atoms with Crippen LogP contribution in [-0.4, -0.2) is 47.7 Å². The average molecular weight is 470 g/mol. The molecule has 24 heavy (non-hydrogen) atoms. The van der Waals surface area contributed by atoms with E-state index in [1.54, 1.807) is 32.4 Å². The van der Waals surface area contributed by atoms with Gasteiger partial charge in [-0.1, -0.05) is 12.1 Å². The Hall–Kier alpha value is -0.910. The van der Waals surface area contributed by atoms with Gasteiger partial charge in [-0.15, -0.1) is 24.0 Å². The maximum absolute atomic E-state index is 11.8. The number of benzene rings is 1. The predicted octanol–water partition coefficient (Wildman–Crippen LogP) is 1.30. The summed E-state index contributed by atoms with van der Waals surface area (Å²) in [5.74, 6) is 0.622. The zero-order chi connectivity index (χ0) is 17.5. The molecule has 1 aromatic rings. The molecule has 0 radical (unpaired) electrons. The van der Waals surface area contributed by atoms with Gasteiger partial charge in [0.25, 0.3) is 0 Å². The number of halogens is 1. The van der Waals surface area contributed by atoms with E-state index in [0.717, 1.165) is 5.56 Å². The van der Waals surface area contributed by atoms with Crippen LogP contribution in [0.1, 0.15) is 19.4 Å². The third-order valence-electron chi connectivity index (χ3n) is 3.40. The van der Waals surface area contributed by atoms with Gasteiger partial charge >= 0.3 is 0 Å². The topological polar surface area (TPSA) is 91.8 Å². The van der Waals surface area contributed by atoms with Gasteiger partial charge in [-0.3, -0.25) is 4.99 Å². The van der Waals surface area contributed by atoms with E-state index in [2.05, 4.69) is 20.3 Å². The monoisotopic (exact) mass is 470 g/mol. The first kappa shape index (κ1) is 23.1. The molecule has 0 fully saturated rings. The first-order valence-corrected chi connectivity index (χ1v) is 8.74. The second-order valence-electron chi connectivity index (χ2n) is 5.60. The summed E-state index contributed by atoms with van der Waals surface area (Å²) in [5, 5.41) is 6.32. The zero-order valence-electron chi connectivity index (χ0n) is 14.7. The number of sulfonamides is 1. The highest BCUT2D eigenvalue weighted by atomic mass is 127. The summed E-state index contributed by atoms with van der Waals surface area (Å²) in [5.41, 5.74) is 0.536. The molecule has 9 heteroatoms.